The molecule has 0 aliphatic rings. The average Bonchev–Trinajstić information content (AvgIpc) is 2.43. The number of rotatable bonds is 3. The third-order valence-electron chi connectivity index (χ3n) is 2.31. The van der Waals surface area contributed by atoms with E-state index >= 15 is 0 Å². The molecular weight excluding hydrogens is 228 g/mol. The summed E-state index contributed by atoms with van der Waals surface area (Å²) in [6.07, 6.45) is 0. The van der Waals surface area contributed by atoms with E-state index in [-0.39, 0.29) is 0 Å². The van der Waals surface area contributed by atoms with E-state index in [1.807, 2.05) is 55.9 Å². The van der Waals surface area contributed by atoms with Crippen LogP contribution in [0.1, 0.15) is 5.69 Å². The monoisotopic (exact) mass is 247 g/mol. The second-order valence-corrected chi connectivity index (χ2v) is 8.72. The summed E-state index contributed by atoms with van der Waals surface area (Å²) in [6.45, 7) is 1.99. The molecule has 0 amide bonds. The molecule has 5 nitrogen and oxygen atoms in total. The third kappa shape index (κ3) is 2.16. The highest BCUT2D eigenvalue weighted by atomic mass is 31.2. The van der Waals surface area contributed by atoms with Gasteiger partial charge in [0.2, 0.25) is 0 Å². The van der Waals surface area contributed by atoms with Gasteiger partial charge in [0.05, 0.1) is 10.7 Å². The summed E-state index contributed by atoms with van der Waals surface area (Å²) in [5.41, 5.74) is 0.991. The molecule has 0 fully saturated rings. The Morgan fingerprint density at radius 3 is 2.00 bits per heavy atom. The van der Waals surface area contributed by atoms with E-state index in [1.165, 1.54) is 0 Å². The lowest BCUT2D eigenvalue weighted by atomic mass is 10.6. The molecule has 0 saturated carbocycles. The van der Waals surface area contributed by atoms with Crippen LogP contribution in [0.5, 0.6) is 0 Å². The molecule has 7 heteroatoms. The Kier molecular flexibility index (Phi) is 3.72. The van der Waals surface area contributed by atoms with Gasteiger partial charge < -0.3 is 0 Å². The normalized spacial score (nSPS) is 13.3. The summed E-state index contributed by atoms with van der Waals surface area (Å²) in [7, 11) is 8.74. The number of nitrogens with one attached hydrogen (secondary N) is 1. The van der Waals surface area contributed by atoms with Crippen molar-refractivity contribution in [2.45, 2.75) is 6.92 Å². The molecule has 0 aliphatic carbocycles. The Morgan fingerprint density at radius 1 is 1.27 bits per heavy atom. The van der Waals surface area contributed by atoms with Crippen LogP contribution in [0.4, 0.5) is 0 Å². The van der Waals surface area contributed by atoms with Crippen molar-refractivity contribution in [1.82, 2.24) is 18.9 Å². The molecule has 1 aromatic heterocycles. The lowest BCUT2D eigenvalue weighted by molar-refractivity contribution is 0.568. The SMILES string of the molecule is Cc1nn(C)pc1P(=N)(N(C)C)N(C)C. The first-order valence-electron chi connectivity index (χ1n) is 4.68. The van der Waals surface area contributed by atoms with Crippen molar-refractivity contribution in [3.63, 3.8) is 0 Å². The van der Waals surface area contributed by atoms with E-state index in [1.54, 1.807) is 0 Å². The highest BCUT2D eigenvalue weighted by molar-refractivity contribution is 7.75. The first-order chi connectivity index (χ1) is 6.80. The summed E-state index contributed by atoms with van der Waals surface area (Å²) < 4.78 is 5.89. The summed E-state index contributed by atoms with van der Waals surface area (Å²) in [4.78, 5) is 0. The third-order valence-corrected chi connectivity index (χ3v) is 7.54. The van der Waals surface area contributed by atoms with Crippen molar-refractivity contribution >= 4 is 20.7 Å². The van der Waals surface area contributed by atoms with Crippen LogP contribution in [0, 0.1) is 12.1 Å². The van der Waals surface area contributed by atoms with E-state index in [4.69, 9.17) is 5.16 Å². The quantitative estimate of drug-likeness (QED) is 0.826. The van der Waals surface area contributed by atoms with Gasteiger partial charge >= 0.3 is 0 Å². The molecule has 0 saturated heterocycles. The van der Waals surface area contributed by atoms with Gasteiger partial charge in [0, 0.05) is 15.4 Å². The molecule has 86 valence electrons. The van der Waals surface area contributed by atoms with Crippen LogP contribution in [-0.4, -0.2) is 47.1 Å². The molecular formula is C8H19N5P2. The molecule has 1 aromatic rings. The van der Waals surface area contributed by atoms with E-state index in [2.05, 4.69) is 5.10 Å². The molecule has 0 aliphatic heterocycles. The fourth-order valence-corrected chi connectivity index (χ4v) is 6.09. The molecule has 0 atom stereocenters. The minimum absolute atomic E-state index is 0.991. The predicted octanol–water partition coefficient (Wildman–Crippen LogP) is 1.67. The summed E-state index contributed by atoms with van der Waals surface area (Å²) >= 11 is 0. The Bertz CT molecular complexity index is 384. The van der Waals surface area contributed by atoms with Gasteiger partial charge in [0.25, 0.3) is 0 Å². The van der Waals surface area contributed by atoms with Gasteiger partial charge in [-0.15, -0.1) is 0 Å². The van der Waals surface area contributed by atoms with Gasteiger partial charge in [-0.3, -0.25) is 14.5 Å². The first-order valence-corrected chi connectivity index (χ1v) is 7.22. The summed E-state index contributed by atoms with van der Waals surface area (Å²) in [5.74, 6) is 0. The number of nitrogens with zero attached hydrogens (tertiary/aromatic N) is 4. The Hall–Kier alpha value is -0.210. The summed E-state index contributed by atoms with van der Waals surface area (Å²) in [5, 5.41) is 14.1. The molecule has 0 radical (unpaired) electrons. The molecule has 1 rings (SSSR count). The Balaban J connectivity index is 3.34. The molecule has 0 unspecified atom stereocenters. The zero-order chi connectivity index (χ0) is 11.8. The smallest absolute Gasteiger partial charge is 0.131 e. The fourth-order valence-electron chi connectivity index (χ4n) is 1.52. The highest BCUT2D eigenvalue weighted by Gasteiger charge is 2.29. The molecule has 1 N–H and O–H groups in total. The van der Waals surface area contributed by atoms with Crippen LogP contribution in [0.25, 0.3) is 0 Å². The second-order valence-electron chi connectivity index (χ2n) is 3.89. The van der Waals surface area contributed by atoms with Gasteiger partial charge in [-0.1, -0.05) is 0 Å². The first kappa shape index (κ1) is 12.9. The van der Waals surface area contributed by atoms with Gasteiger partial charge in [-0.05, 0) is 35.1 Å². The van der Waals surface area contributed by atoms with E-state index < -0.39 is 7.36 Å². The maximum atomic E-state index is 8.66. The van der Waals surface area contributed by atoms with Crippen molar-refractivity contribution in [3.8, 4) is 0 Å². The van der Waals surface area contributed by atoms with E-state index in [0.29, 0.717) is 0 Å². The second kappa shape index (κ2) is 4.34. The minimum Gasteiger partial charge on any atom is -0.285 e. The predicted molar refractivity (Wildman–Crippen MR) is 67.1 cm³/mol. The van der Waals surface area contributed by atoms with Crippen molar-refractivity contribution in [2.75, 3.05) is 28.2 Å². The molecule has 0 spiro atoms. The summed E-state index contributed by atoms with van der Waals surface area (Å²) in [6, 6.07) is 0. The van der Waals surface area contributed by atoms with Crippen LogP contribution in [0.15, 0.2) is 0 Å². The van der Waals surface area contributed by atoms with Gasteiger partial charge in [0.1, 0.15) is 7.36 Å². The van der Waals surface area contributed by atoms with Gasteiger partial charge in [-0.25, -0.2) is 4.44 Å². The molecule has 15 heavy (non-hydrogen) atoms. The van der Waals surface area contributed by atoms with E-state index in [0.717, 1.165) is 19.1 Å². The highest BCUT2D eigenvalue weighted by Crippen LogP contribution is 2.51. The van der Waals surface area contributed by atoms with Crippen molar-refractivity contribution in [2.24, 2.45) is 7.05 Å². The zero-order valence-corrected chi connectivity index (χ0v) is 12.0. The number of aryl methyl sites for hydroxylation is 2. The van der Waals surface area contributed by atoms with E-state index in [9.17, 15) is 0 Å². The Morgan fingerprint density at radius 2 is 1.73 bits per heavy atom. The minimum atomic E-state index is -2.11. The molecule has 0 aromatic carbocycles. The van der Waals surface area contributed by atoms with Gasteiger partial charge in [-0.2, -0.15) is 5.10 Å². The number of hydrogen-bond acceptors (Lipinski definition) is 2. The van der Waals surface area contributed by atoms with Crippen LogP contribution in [0.2, 0.25) is 0 Å². The number of aromatic nitrogens is 2. The fraction of sp³-hybridized carbons (Fsp3) is 0.750. The van der Waals surface area contributed by atoms with Crippen molar-refractivity contribution in [3.05, 3.63) is 5.69 Å². The van der Waals surface area contributed by atoms with Crippen LogP contribution >= 0.6 is 15.7 Å². The number of hydrogen-bond donors (Lipinski definition) is 1. The molecule has 0 bridgehead atoms. The topological polar surface area (TPSA) is 48.2 Å². The maximum Gasteiger partial charge on any atom is 0.131 e. The van der Waals surface area contributed by atoms with Gasteiger partial charge in [0.15, 0.2) is 0 Å². The van der Waals surface area contributed by atoms with Crippen LogP contribution < -0.4 is 5.04 Å². The van der Waals surface area contributed by atoms with Crippen molar-refractivity contribution in [1.29, 1.82) is 5.16 Å². The standard InChI is InChI=1S/C8H19N5P2/c1-7-8(14-13(6)10-7)15(9,11(2)3)12(4)5/h9H,1-6H3. The van der Waals surface area contributed by atoms with Crippen molar-refractivity contribution < 1.29 is 0 Å². The van der Waals surface area contributed by atoms with Crippen LogP contribution in [0.3, 0.4) is 0 Å². The lowest BCUT2D eigenvalue weighted by Crippen LogP contribution is -2.27. The molecule has 1 heterocycles. The Labute approximate surface area is 93.2 Å². The average molecular weight is 247 g/mol. The van der Waals surface area contributed by atoms with Crippen LogP contribution in [-0.2, 0) is 7.05 Å². The lowest BCUT2D eigenvalue weighted by Gasteiger charge is -2.33. The zero-order valence-electron chi connectivity index (χ0n) is 10.2. The maximum absolute atomic E-state index is 8.66. The largest absolute Gasteiger partial charge is 0.285 e.